The fourth-order valence-electron chi connectivity index (χ4n) is 1.71. The van der Waals surface area contributed by atoms with E-state index in [2.05, 4.69) is 0 Å². The lowest BCUT2D eigenvalue weighted by Gasteiger charge is -2.23. The molecule has 6 nitrogen and oxygen atoms in total. The van der Waals surface area contributed by atoms with Gasteiger partial charge in [0.25, 0.3) is 0 Å². The fourth-order valence-corrected chi connectivity index (χ4v) is 6.11. The number of aliphatic hydroxyl groups is 1. The van der Waals surface area contributed by atoms with Crippen LogP contribution >= 0.6 is 11.3 Å². The van der Waals surface area contributed by atoms with Crippen molar-refractivity contribution >= 4 is 31.2 Å². The lowest BCUT2D eigenvalue weighted by molar-refractivity contribution is 0.161. The number of hydrogen-bond acceptors (Lipinski definition) is 6. The molecule has 9 heteroatoms. The highest BCUT2D eigenvalue weighted by atomic mass is 32.3. The number of primary sulfonamides is 1. The molecule has 2 heterocycles. The van der Waals surface area contributed by atoms with Gasteiger partial charge in [0, 0.05) is 5.56 Å². The van der Waals surface area contributed by atoms with Gasteiger partial charge in [0.15, 0.2) is 9.84 Å². The van der Waals surface area contributed by atoms with Gasteiger partial charge in [-0.3, -0.25) is 0 Å². The van der Waals surface area contributed by atoms with Crippen LogP contribution in [0.3, 0.4) is 0 Å². The molecule has 0 unspecified atom stereocenters. The predicted molar refractivity (Wildman–Crippen MR) is 61.9 cm³/mol. The van der Waals surface area contributed by atoms with Gasteiger partial charge in [0.1, 0.15) is 8.42 Å². The first-order chi connectivity index (χ1) is 7.64. The van der Waals surface area contributed by atoms with Crippen LogP contribution in [0.4, 0.5) is 0 Å². The Morgan fingerprint density at radius 3 is 2.65 bits per heavy atom. The van der Waals surface area contributed by atoms with E-state index in [4.69, 9.17) is 5.14 Å². The van der Waals surface area contributed by atoms with E-state index in [0.29, 0.717) is 11.3 Å². The van der Waals surface area contributed by atoms with E-state index in [-0.39, 0.29) is 20.4 Å². The molecule has 17 heavy (non-hydrogen) atoms. The van der Waals surface area contributed by atoms with Crippen molar-refractivity contribution in [1.82, 2.24) is 0 Å². The molecule has 1 aliphatic heterocycles. The average Bonchev–Trinajstić information content (AvgIpc) is 2.59. The topological polar surface area (TPSA) is 115 Å². The number of aliphatic hydroxyl groups excluding tert-OH is 1. The van der Waals surface area contributed by atoms with E-state index in [9.17, 15) is 21.9 Å². The smallest absolute Gasteiger partial charge is 0.247 e. The normalized spacial score (nSPS) is 27.7. The second-order valence-electron chi connectivity index (χ2n) is 3.96. The molecule has 3 N–H and O–H groups in total. The molecule has 0 aliphatic carbocycles. The zero-order valence-corrected chi connectivity index (χ0v) is 11.3. The quantitative estimate of drug-likeness (QED) is 0.757. The molecule has 0 amide bonds. The Morgan fingerprint density at radius 1 is 1.53 bits per heavy atom. The number of nitrogens with two attached hydrogens (primary N) is 1. The SMILES string of the molecule is C[C@H]1C[C@@H](O)c2cc(S(N)(=O)=O)sc2S1(=O)=O. The Labute approximate surface area is 103 Å². The largest absolute Gasteiger partial charge is 0.388 e. The van der Waals surface area contributed by atoms with Gasteiger partial charge in [-0.15, -0.1) is 11.3 Å². The third-order valence-corrected chi connectivity index (χ3v) is 8.00. The van der Waals surface area contributed by atoms with Gasteiger partial charge in [-0.1, -0.05) is 0 Å². The number of fused-ring (bicyclic) bond motifs is 1. The van der Waals surface area contributed by atoms with Gasteiger partial charge in [0.2, 0.25) is 10.0 Å². The molecular formula is C8H11NO5S3. The highest BCUT2D eigenvalue weighted by Crippen LogP contribution is 2.42. The summed E-state index contributed by atoms with van der Waals surface area (Å²) in [6.07, 6.45) is -0.897. The Morgan fingerprint density at radius 2 is 2.12 bits per heavy atom. The lowest BCUT2D eigenvalue weighted by Crippen LogP contribution is -2.26. The van der Waals surface area contributed by atoms with Crippen LogP contribution in [0.25, 0.3) is 0 Å². The van der Waals surface area contributed by atoms with Gasteiger partial charge in [0.05, 0.1) is 11.4 Å². The average molecular weight is 297 g/mol. The first-order valence-electron chi connectivity index (χ1n) is 4.72. The van der Waals surface area contributed by atoms with Gasteiger partial charge in [-0.25, -0.2) is 22.0 Å². The summed E-state index contributed by atoms with van der Waals surface area (Å²) >= 11 is 0.596. The Balaban J connectivity index is 2.73. The van der Waals surface area contributed by atoms with Crippen LogP contribution in [0.1, 0.15) is 25.0 Å². The summed E-state index contributed by atoms with van der Waals surface area (Å²) in [7, 11) is -7.50. The Kier molecular flexibility index (Phi) is 2.86. The van der Waals surface area contributed by atoms with E-state index in [1.165, 1.54) is 6.92 Å². The molecule has 0 saturated carbocycles. The van der Waals surface area contributed by atoms with Crippen molar-refractivity contribution in [2.24, 2.45) is 5.14 Å². The number of sulfone groups is 1. The van der Waals surface area contributed by atoms with E-state index in [0.717, 1.165) is 6.07 Å². The molecule has 0 bridgehead atoms. The minimum atomic E-state index is -3.95. The molecule has 0 saturated heterocycles. The van der Waals surface area contributed by atoms with Crippen LogP contribution in [-0.2, 0) is 19.9 Å². The van der Waals surface area contributed by atoms with Crippen molar-refractivity contribution in [3.05, 3.63) is 11.6 Å². The van der Waals surface area contributed by atoms with Gasteiger partial charge in [-0.2, -0.15) is 0 Å². The second kappa shape index (κ2) is 3.75. The summed E-state index contributed by atoms with van der Waals surface area (Å²) in [5.41, 5.74) is 0.136. The van der Waals surface area contributed by atoms with Crippen LogP contribution < -0.4 is 5.14 Å². The predicted octanol–water partition coefficient (Wildman–Crippen LogP) is -0.00520. The van der Waals surface area contributed by atoms with Crippen molar-refractivity contribution in [1.29, 1.82) is 0 Å². The first-order valence-corrected chi connectivity index (χ1v) is 8.63. The van der Waals surface area contributed by atoms with Crippen molar-refractivity contribution in [2.45, 2.75) is 33.1 Å². The van der Waals surface area contributed by atoms with E-state index >= 15 is 0 Å². The molecule has 2 atom stereocenters. The number of sulfonamides is 1. The van der Waals surface area contributed by atoms with Crippen molar-refractivity contribution in [3.63, 3.8) is 0 Å². The number of rotatable bonds is 1. The minimum absolute atomic E-state index is 0.0656. The van der Waals surface area contributed by atoms with Gasteiger partial charge in [-0.05, 0) is 19.4 Å². The second-order valence-corrected chi connectivity index (χ2v) is 9.36. The van der Waals surface area contributed by atoms with Gasteiger partial charge < -0.3 is 5.11 Å². The molecule has 0 aromatic carbocycles. The van der Waals surface area contributed by atoms with Crippen molar-refractivity contribution < 1.29 is 21.9 Å². The van der Waals surface area contributed by atoms with Crippen LogP contribution in [0.15, 0.2) is 14.5 Å². The van der Waals surface area contributed by atoms with Crippen molar-refractivity contribution in [3.8, 4) is 0 Å². The lowest BCUT2D eigenvalue weighted by atomic mass is 10.1. The van der Waals surface area contributed by atoms with Gasteiger partial charge >= 0.3 is 0 Å². The fraction of sp³-hybridized carbons (Fsp3) is 0.500. The monoisotopic (exact) mass is 297 g/mol. The summed E-state index contributed by atoms with van der Waals surface area (Å²) in [5, 5.41) is 14.0. The van der Waals surface area contributed by atoms with Crippen molar-refractivity contribution in [2.75, 3.05) is 0 Å². The number of hydrogen-bond donors (Lipinski definition) is 2. The van der Waals surface area contributed by atoms with E-state index in [1.54, 1.807) is 0 Å². The van der Waals surface area contributed by atoms with Crippen LogP contribution in [0.5, 0.6) is 0 Å². The third-order valence-electron chi connectivity index (χ3n) is 2.69. The maximum Gasteiger partial charge on any atom is 0.247 e. The Bertz CT molecular complexity index is 657. The Hall–Kier alpha value is -0.480. The molecule has 1 aliphatic rings. The minimum Gasteiger partial charge on any atom is -0.388 e. The summed E-state index contributed by atoms with van der Waals surface area (Å²) in [6, 6.07) is 1.14. The van der Waals surface area contributed by atoms with Crippen LogP contribution in [-0.4, -0.2) is 27.2 Å². The zero-order chi connectivity index (χ0) is 13.0. The number of thiophene rings is 1. The molecule has 1 aromatic heterocycles. The molecule has 1 aromatic rings. The summed E-state index contributed by atoms with van der Waals surface area (Å²) in [6.45, 7) is 1.48. The standard InChI is InChI=1S/C8H11NO5S3/c1-4-2-6(10)5-3-7(17(9,13)14)15-8(5)16(4,11)12/h3-4,6,10H,2H2,1H3,(H2,9,13,14)/t4-,6+/m0/s1. The summed E-state index contributed by atoms with van der Waals surface area (Å²) in [5.74, 6) is 0. The van der Waals surface area contributed by atoms with Crippen LogP contribution in [0.2, 0.25) is 0 Å². The highest BCUT2D eigenvalue weighted by Gasteiger charge is 2.38. The zero-order valence-electron chi connectivity index (χ0n) is 8.82. The molecule has 0 spiro atoms. The maximum absolute atomic E-state index is 12.0. The summed E-state index contributed by atoms with van der Waals surface area (Å²) in [4.78, 5) is 0. The maximum atomic E-state index is 12.0. The molecule has 96 valence electrons. The molecule has 0 radical (unpaired) electrons. The van der Waals surface area contributed by atoms with E-state index < -0.39 is 31.2 Å². The molecular weight excluding hydrogens is 286 g/mol. The summed E-state index contributed by atoms with van der Waals surface area (Å²) < 4.78 is 45.9. The molecule has 0 fully saturated rings. The van der Waals surface area contributed by atoms with Crippen LogP contribution in [0, 0.1) is 0 Å². The van der Waals surface area contributed by atoms with E-state index in [1.807, 2.05) is 0 Å². The highest BCUT2D eigenvalue weighted by molar-refractivity contribution is 7.95. The first kappa shape index (κ1) is 13.0. The third kappa shape index (κ3) is 2.02. The molecule has 2 rings (SSSR count).